The molecule has 3 atom stereocenters. The molecular weight excluding hydrogens is 255 g/mol. The van der Waals surface area contributed by atoms with Crippen molar-refractivity contribution < 1.29 is 9.18 Å². The van der Waals surface area contributed by atoms with Crippen molar-refractivity contribution in [2.45, 2.75) is 25.8 Å². The molecule has 0 spiro atoms. The summed E-state index contributed by atoms with van der Waals surface area (Å²) in [6, 6.07) is 6.60. The molecule has 3 nitrogen and oxygen atoms in total. The minimum Gasteiger partial charge on any atom is -0.339 e. The van der Waals surface area contributed by atoms with Gasteiger partial charge in [0.1, 0.15) is 5.82 Å². The van der Waals surface area contributed by atoms with Crippen molar-refractivity contribution in [1.29, 1.82) is 0 Å². The molecule has 1 aromatic carbocycles. The van der Waals surface area contributed by atoms with Crippen molar-refractivity contribution in [2.75, 3.05) is 19.6 Å². The van der Waals surface area contributed by atoms with Crippen LogP contribution in [0.15, 0.2) is 24.3 Å². The summed E-state index contributed by atoms with van der Waals surface area (Å²) in [6.45, 7) is 5.09. The van der Waals surface area contributed by atoms with Crippen molar-refractivity contribution in [3.05, 3.63) is 35.6 Å². The maximum Gasteiger partial charge on any atom is 0.227 e. The first-order valence-electron chi connectivity index (χ1n) is 7.43. The molecule has 3 rings (SSSR count). The lowest BCUT2D eigenvalue weighted by Gasteiger charge is -2.27. The number of likely N-dealkylation sites (tertiary alicyclic amines) is 1. The number of amides is 1. The van der Waals surface area contributed by atoms with Gasteiger partial charge >= 0.3 is 0 Å². The molecule has 0 aromatic heterocycles. The zero-order valence-corrected chi connectivity index (χ0v) is 11.8. The van der Waals surface area contributed by atoms with Crippen molar-refractivity contribution in [1.82, 2.24) is 10.2 Å². The first-order chi connectivity index (χ1) is 9.69. The van der Waals surface area contributed by atoms with Gasteiger partial charge in [-0.1, -0.05) is 19.1 Å². The van der Waals surface area contributed by atoms with Crippen LogP contribution in [0.1, 0.15) is 18.9 Å². The van der Waals surface area contributed by atoms with Gasteiger partial charge < -0.3 is 10.2 Å². The molecule has 2 fully saturated rings. The Morgan fingerprint density at radius 1 is 1.35 bits per heavy atom. The van der Waals surface area contributed by atoms with E-state index in [-0.39, 0.29) is 11.7 Å². The lowest BCUT2D eigenvalue weighted by Crippen LogP contribution is -2.40. The maximum absolute atomic E-state index is 12.9. The lowest BCUT2D eigenvalue weighted by molar-refractivity contribution is -0.131. The molecule has 108 valence electrons. The van der Waals surface area contributed by atoms with Crippen LogP contribution in [0.25, 0.3) is 0 Å². The number of hydrogen-bond acceptors (Lipinski definition) is 2. The van der Waals surface area contributed by atoms with Crippen molar-refractivity contribution in [3.63, 3.8) is 0 Å². The van der Waals surface area contributed by atoms with E-state index in [4.69, 9.17) is 0 Å². The fourth-order valence-corrected chi connectivity index (χ4v) is 3.71. The summed E-state index contributed by atoms with van der Waals surface area (Å²) in [4.78, 5) is 14.6. The molecule has 3 unspecified atom stereocenters. The molecule has 1 aromatic rings. The largest absolute Gasteiger partial charge is 0.339 e. The predicted molar refractivity (Wildman–Crippen MR) is 75.7 cm³/mol. The molecule has 2 heterocycles. The van der Waals surface area contributed by atoms with Gasteiger partial charge in [-0.25, -0.2) is 4.39 Å². The fourth-order valence-electron chi connectivity index (χ4n) is 3.71. The number of rotatable bonds is 3. The predicted octanol–water partition coefficient (Wildman–Crippen LogP) is 1.82. The van der Waals surface area contributed by atoms with E-state index in [1.54, 1.807) is 12.1 Å². The molecule has 0 bridgehead atoms. The summed E-state index contributed by atoms with van der Waals surface area (Å²) in [5, 5.41) is 3.42. The molecule has 0 radical (unpaired) electrons. The third-order valence-electron chi connectivity index (χ3n) is 4.73. The second-order valence-electron chi connectivity index (χ2n) is 5.91. The van der Waals surface area contributed by atoms with Crippen LogP contribution < -0.4 is 5.32 Å². The number of halogens is 1. The van der Waals surface area contributed by atoms with Crippen LogP contribution in [0.3, 0.4) is 0 Å². The van der Waals surface area contributed by atoms with Crippen LogP contribution in [0.4, 0.5) is 4.39 Å². The highest BCUT2D eigenvalue weighted by atomic mass is 19.1. The van der Waals surface area contributed by atoms with E-state index < -0.39 is 0 Å². The van der Waals surface area contributed by atoms with E-state index in [2.05, 4.69) is 17.1 Å². The Balaban J connectivity index is 1.69. The first kappa shape index (κ1) is 13.6. The van der Waals surface area contributed by atoms with E-state index in [1.165, 1.54) is 12.1 Å². The molecular formula is C16H21FN2O. The zero-order chi connectivity index (χ0) is 14.1. The summed E-state index contributed by atoms with van der Waals surface area (Å²) >= 11 is 0. The summed E-state index contributed by atoms with van der Waals surface area (Å²) in [7, 11) is 0. The molecule has 0 saturated carbocycles. The van der Waals surface area contributed by atoms with Gasteiger partial charge in [0.05, 0.1) is 6.42 Å². The van der Waals surface area contributed by atoms with Crippen molar-refractivity contribution in [2.24, 2.45) is 11.8 Å². The molecule has 1 N–H and O–H groups in total. The van der Waals surface area contributed by atoms with Gasteiger partial charge in [0, 0.05) is 25.7 Å². The highest BCUT2D eigenvalue weighted by Crippen LogP contribution is 2.34. The number of fused-ring (bicyclic) bond motifs is 1. The molecule has 2 aliphatic heterocycles. The molecule has 4 heteroatoms. The Hall–Kier alpha value is -1.42. The van der Waals surface area contributed by atoms with Crippen LogP contribution in [0, 0.1) is 17.7 Å². The van der Waals surface area contributed by atoms with Crippen LogP contribution in [-0.2, 0) is 11.2 Å². The molecule has 1 amide bonds. The van der Waals surface area contributed by atoms with Gasteiger partial charge in [-0.15, -0.1) is 0 Å². The zero-order valence-electron chi connectivity index (χ0n) is 11.8. The average Bonchev–Trinajstić information content (AvgIpc) is 3.01. The van der Waals surface area contributed by atoms with Gasteiger partial charge in [-0.3, -0.25) is 4.79 Å². The topological polar surface area (TPSA) is 32.3 Å². The SMILES string of the molecule is CCC1C2CNCC2CN1C(=O)Cc1ccc(F)cc1. The summed E-state index contributed by atoms with van der Waals surface area (Å²) in [5.41, 5.74) is 0.890. The number of carbonyl (C=O) groups is 1. The van der Waals surface area contributed by atoms with Crippen LogP contribution in [0.2, 0.25) is 0 Å². The van der Waals surface area contributed by atoms with Crippen molar-refractivity contribution >= 4 is 5.91 Å². The van der Waals surface area contributed by atoms with E-state index in [1.807, 2.05) is 0 Å². The highest BCUT2D eigenvalue weighted by Gasteiger charge is 2.44. The van der Waals surface area contributed by atoms with E-state index in [9.17, 15) is 9.18 Å². The number of nitrogens with one attached hydrogen (secondary N) is 1. The monoisotopic (exact) mass is 276 g/mol. The third-order valence-corrected chi connectivity index (χ3v) is 4.73. The average molecular weight is 276 g/mol. The summed E-state index contributed by atoms with van der Waals surface area (Å²) in [6.07, 6.45) is 1.39. The number of benzene rings is 1. The summed E-state index contributed by atoms with van der Waals surface area (Å²) in [5.74, 6) is 1.14. The maximum atomic E-state index is 12.9. The Morgan fingerprint density at radius 3 is 2.80 bits per heavy atom. The van der Waals surface area contributed by atoms with Gasteiger partial charge in [0.2, 0.25) is 5.91 Å². The smallest absolute Gasteiger partial charge is 0.227 e. The number of nitrogens with zero attached hydrogens (tertiary/aromatic N) is 1. The number of hydrogen-bond donors (Lipinski definition) is 1. The Labute approximate surface area is 119 Å². The van der Waals surface area contributed by atoms with Gasteiger partial charge in [-0.2, -0.15) is 0 Å². The van der Waals surface area contributed by atoms with Gasteiger partial charge in [0.15, 0.2) is 0 Å². The van der Waals surface area contributed by atoms with E-state index in [0.29, 0.717) is 24.3 Å². The van der Waals surface area contributed by atoms with Gasteiger partial charge in [0.25, 0.3) is 0 Å². The minimum absolute atomic E-state index is 0.179. The van der Waals surface area contributed by atoms with Crippen molar-refractivity contribution in [3.8, 4) is 0 Å². The van der Waals surface area contributed by atoms with Gasteiger partial charge in [-0.05, 0) is 36.0 Å². The Kier molecular flexibility index (Phi) is 3.74. The normalized spacial score (nSPS) is 28.7. The molecule has 2 saturated heterocycles. The second kappa shape index (κ2) is 5.52. The standard InChI is InChI=1S/C16H21FN2O/c1-2-15-14-9-18-8-12(14)10-19(15)16(20)7-11-3-5-13(17)6-4-11/h3-6,12,14-15,18H,2,7-10H2,1H3. The third kappa shape index (κ3) is 2.44. The minimum atomic E-state index is -0.255. The highest BCUT2D eigenvalue weighted by molar-refractivity contribution is 5.79. The van der Waals surface area contributed by atoms with Crippen LogP contribution in [0.5, 0.6) is 0 Å². The van der Waals surface area contributed by atoms with Crippen LogP contribution >= 0.6 is 0 Å². The lowest BCUT2D eigenvalue weighted by atomic mass is 9.93. The second-order valence-corrected chi connectivity index (χ2v) is 5.91. The fraction of sp³-hybridized carbons (Fsp3) is 0.562. The molecule has 0 aliphatic carbocycles. The Bertz CT molecular complexity index is 488. The first-order valence-corrected chi connectivity index (χ1v) is 7.43. The Morgan fingerprint density at radius 2 is 2.10 bits per heavy atom. The molecule has 20 heavy (non-hydrogen) atoms. The quantitative estimate of drug-likeness (QED) is 0.913. The van der Waals surface area contributed by atoms with Crippen LogP contribution in [-0.4, -0.2) is 36.5 Å². The van der Waals surface area contributed by atoms with E-state index >= 15 is 0 Å². The summed E-state index contributed by atoms with van der Waals surface area (Å²) < 4.78 is 12.9. The van der Waals surface area contributed by atoms with E-state index in [0.717, 1.165) is 31.6 Å². The molecule has 2 aliphatic rings. The number of carbonyl (C=O) groups excluding carboxylic acids is 1.